The highest BCUT2D eigenvalue weighted by molar-refractivity contribution is 6.37. The zero-order valence-corrected chi connectivity index (χ0v) is 20.4. The Morgan fingerprint density at radius 2 is 1.74 bits per heavy atom. The Kier molecular flexibility index (Phi) is 9.89. The Morgan fingerprint density at radius 1 is 1.10 bits per heavy atom. The maximum Gasteiger partial charge on any atom is 0.248 e. The van der Waals surface area contributed by atoms with Gasteiger partial charge in [0.15, 0.2) is 0 Å². The molecule has 1 amide bonds. The number of hydrogen-bond acceptors (Lipinski definition) is 3. The first-order valence-corrected chi connectivity index (χ1v) is 11.3. The molecule has 0 bridgehead atoms. The molecule has 0 saturated carbocycles. The number of ether oxygens (including phenoxy) is 1. The number of nitrogens with one attached hydrogen (secondary N) is 1. The fourth-order valence-corrected chi connectivity index (χ4v) is 4.15. The zero-order valence-electron chi connectivity index (χ0n) is 18.9. The largest absolute Gasteiger partial charge is 0.496 e. The number of amides is 1. The number of anilines is 1. The molecule has 0 atom stereocenters. The van der Waals surface area contributed by atoms with E-state index in [4.69, 9.17) is 27.9 Å². The van der Waals surface area contributed by atoms with Gasteiger partial charge in [0, 0.05) is 39.5 Å². The summed E-state index contributed by atoms with van der Waals surface area (Å²) >= 11 is 12.3. The van der Waals surface area contributed by atoms with Crippen molar-refractivity contribution in [1.82, 2.24) is 4.90 Å². The van der Waals surface area contributed by atoms with Crippen molar-refractivity contribution < 1.29 is 9.53 Å². The molecule has 0 aliphatic heterocycles. The van der Waals surface area contributed by atoms with E-state index in [2.05, 4.69) is 37.9 Å². The van der Waals surface area contributed by atoms with E-state index in [9.17, 15) is 4.79 Å². The highest BCUT2D eigenvalue weighted by Crippen LogP contribution is 2.26. The molecule has 2 aromatic rings. The van der Waals surface area contributed by atoms with E-state index in [1.165, 1.54) is 6.08 Å². The van der Waals surface area contributed by atoms with Gasteiger partial charge in [-0.15, -0.1) is 0 Å². The lowest BCUT2D eigenvalue weighted by Gasteiger charge is -2.30. The molecule has 0 spiro atoms. The molecule has 0 aliphatic rings. The van der Waals surface area contributed by atoms with Crippen LogP contribution in [0.5, 0.6) is 5.75 Å². The van der Waals surface area contributed by atoms with Gasteiger partial charge in [0.2, 0.25) is 5.91 Å². The molecule has 4 nitrogen and oxygen atoms in total. The van der Waals surface area contributed by atoms with E-state index in [0.29, 0.717) is 27.7 Å². The van der Waals surface area contributed by atoms with Crippen LogP contribution in [0, 0.1) is 0 Å². The summed E-state index contributed by atoms with van der Waals surface area (Å²) in [5.41, 5.74) is 2.42. The van der Waals surface area contributed by atoms with Crippen LogP contribution >= 0.6 is 23.2 Å². The van der Waals surface area contributed by atoms with Crippen LogP contribution in [0.4, 0.5) is 5.69 Å². The minimum absolute atomic E-state index is 0.252. The summed E-state index contributed by atoms with van der Waals surface area (Å²) in [6.07, 6.45) is 4.93. The Balaban J connectivity index is 2.05. The average Bonchev–Trinajstić information content (AvgIpc) is 2.70. The summed E-state index contributed by atoms with van der Waals surface area (Å²) in [5, 5.41) is 3.90. The van der Waals surface area contributed by atoms with Gasteiger partial charge in [0.05, 0.1) is 7.11 Å². The Morgan fingerprint density at radius 3 is 2.32 bits per heavy atom. The molecule has 1 N–H and O–H groups in total. The second-order valence-corrected chi connectivity index (χ2v) is 8.83. The number of benzene rings is 2. The van der Waals surface area contributed by atoms with Crippen molar-refractivity contribution in [3.8, 4) is 5.75 Å². The van der Waals surface area contributed by atoms with Gasteiger partial charge in [0.25, 0.3) is 0 Å². The van der Waals surface area contributed by atoms with E-state index < -0.39 is 0 Å². The van der Waals surface area contributed by atoms with Gasteiger partial charge in [-0.3, -0.25) is 9.69 Å². The fourth-order valence-electron chi connectivity index (χ4n) is 3.63. The van der Waals surface area contributed by atoms with Gasteiger partial charge in [0.1, 0.15) is 5.75 Å². The highest BCUT2D eigenvalue weighted by Gasteiger charge is 2.13. The first-order chi connectivity index (χ1) is 14.7. The Hall–Kier alpha value is -2.01. The van der Waals surface area contributed by atoms with Gasteiger partial charge in [-0.25, -0.2) is 0 Å². The van der Waals surface area contributed by atoms with Gasteiger partial charge in [-0.2, -0.15) is 0 Å². The molecule has 31 heavy (non-hydrogen) atoms. The van der Waals surface area contributed by atoms with Crippen molar-refractivity contribution in [2.24, 2.45) is 0 Å². The molecule has 0 aromatic heterocycles. The maximum atomic E-state index is 12.4. The van der Waals surface area contributed by atoms with Crippen LogP contribution in [0.15, 0.2) is 42.5 Å². The second kappa shape index (κ2) is 12.1. The predicted molar refractivity (Wildman–Crippen MR) is 132 cm³/mol. The van der Waals surface area contributed by atoms with Crippen LogP contribution in [0.25, 0.3) is 6.08 Å². The lowest BCUT2D eigenvalue weighted by Crippen LogP contribution is -2.37. The molecule has 6 heteroatoms. The maximum absolute atomic E-state index is 12.4. The normalized spacial score (nSPS) is 11.7. The molecular formula is C25H32Cl2N2O2. The average molecular weight is 463 g/mol. The molecule has 0 heterocycles. The lowest BCUT2D eigenvalue weighted by molar-refractivity contribution is -0.111. The van der Waals surface area contributed by atoms with E-state index >= 15 is 0 Å². The Bertz CT molecular complexity index is 882. The van der Waals surface area contributed by atoms with Crippen molar-refractivity contribution in [2.45, 2.75) is 52.6 Å². The third kappa shape index (κ3) is 7.57. The second-order valence-electron chi connectivity index (χ2n) is 8.01. The number of nitrogens with zero attached hydrogens (tertiary/aromatic N) is 1. The van der Waals surface area contributed by atoms with Crippen molar-refractivity contribution in [2.75, 3.05) is 19.0 Å². The van der Waals surface area contributed by atoms with Crippen LogP contribution in [0.3, 0.4) is 0 Å². The van der Waals surface area contributed by atoms with E-state index in [-0.39, 0.29) is 5.91 Å². The van der Waals surface area contributed by atoms with Crippen LogP contribution in [-0.2, 0) is 11.2 Å². The number of halogens is 2. The summed E-state index contributed by atoms with van der Waals surface area (Å²) in [6.45, 7) is 9.90. The molecule has 0 aliphatic carbocycles. The number of methoxy groups -OCH3 is 1. The van der Waals surface area contributed by atoms with E-state index in [1.54, 1.807) is 31.4 Å². The topological polar surface area (TPSA) is 41.6 Å². The standard InChI is InChI=1S/C25H32Cl2N2O2/c1-17(2)29(18(3)4)15-7-8-19-16-20(11-13-24(19)31-5)28-25(30)14-12-21-22(26)9-6-10-23(21)27/h6,9-14,16-18H,7-8,15H2,1-5H3,(H,28,30). The predicted octanol–water partition coefficient (Wildman–Crippen LogP) is 6.71. The monoisotopic (exact) mass is 462 g/mol. The SMILES string of the molecule is COc1ccc(NC(=O)C=Cc2c(Cl)cccc2Cl)cc1CCCN(C(C)C)C(C)C. The molecule has 0 radical (unpaired) electrons. The summed E-state index contributed by atoms with van der Waals surface area (Å²) in [5.74, 6) is 0.579. The van der Waals surface area contributed by atoms with Crippen molar-refractivity contribution in [3.63, 3.8) is 0 Å². The van der Waals surface area contributed by atoms with Gasteiger partial charge < -0.3 is 10.1 Å². The minimum atomic E-state index is -0.252. The number of aryl methyl sites for hydroxylation is 1. The van der Waals surface area contributed by atoms with Crippen molar-refractivity contribution in [1.29, 1.82) is 0 Å². The van der Waals surface area contributed by atoms with Crippen molar-refractivity contribution in [3.05, 3.63) is 63.6 Å². The minimum Gasteiger partial charge on any atom is -0.496 e. The number of rotatable bonds is 10. The molecule has 2 aromatic carbocycles. The summed E-state index contributed by atoms with van der Waals surface area (Å²) in [7, 11) is 1.67. The fraction of sp³-hybridized carbons (Fsp3) is 0.400. The van der Waals surface area contributed by atoms with Crippen molar-refractivity contribution >= 4 is 40.9 Å². The van der Waals surface area contributed by atoms with Crippen LogP contribution < -0.4 is 10.1 Å². The first kappa shape index (κ1) is 25.3. The highest BCUT2D eigenvalue weighted by atomic mass is 35.5. The Labute approximate surface area is 196 Å². The molecule has 0 saturated heterocycles. The van der Waals surface area contributed by atoms with Gasteiger partial charge in [-0.1, -0.05) is 29.3 Å². The summed E-state index contributed by atoms with van der Waals surface area (Å²) in [4.78, 5) is 14.9. The molecule has 168 valence electrons. The smallest absolute Gasteiger partial charge is 0.248 e. The zero-order chi connectivity index (χ0) is 23.0. The van der Waals surface area contributed by atoms with Crippen LogP contribution in [0.2, 0.25) is 10.0 Å². The molecule has 0 fully saturated rings. The van der Waals surface area contributed by atoms with Crippen LogP contribution in [-0.4, -0.2) is 36.5 Å². The lowest BCUT2D eigenvalue weighted by atomic mass is 10.1. The quantitative estimate of drug-likeness (QED) is 0.399. The van der Waals surface area contributed by atoms with E-state index in [1.807, 2.05) is 18.2 Å². The van der Waals surface area contributed by atoms with E-state index in [0.717, 1.165) is 36.4 Å². The van der Waals surface area contributed by atoms with Crippen LogP contribution in [0.1, 0.15) is 45.2 Å². The molecule has 2 rings (SSSR count). The third-order valence-electron chi connectivity index (χ3n) is 5.14. The van der Waals surface area contributed by atoms with Gasteiger partial charge in [-0.05, 0) is 89.1 Å². The third-order valence-corrected chi connectivity index (χ3v) is 5.80. The first-order valence-electron chi connectivity index (χ1n) is 10.6. The number of carbonyl (C=O) groups is 1. The summed E-state index contributed by atoms with van der Waals surface area (Å²) < 4.78 is 5.52. The number of hydrogen-bond donors (Lipinski definition) is 1. The summed E-state index contributed by atoms with van der Waals surface area (Å²) in [6, 6.07) is 12.0. The molecular weight excluding hydrogens is 431 g/mol. The number of carbonyl (C=O) groups excluding carboxylic acids is 1. The molecule has 0 unspecified atom stereocenters. The van der Waals surface area contributed by atoms with Gasteiger partial charge >= 0.3 is 0 Å².